The summed E-state index contributed by atoms with van der Waals surface area (Å²) in [7, 11) is 0. The third-order valence-electron chi connectivity index (χ3n) is 5.31. The van der Waals surface area contributed by atoms with Gasteiger partial charge in [-0.2, -0.15) is 0 Å². The molecule has 2 saturated heterocycles. The predicted molar refractivity (Wildman–Crippen MR) is 103 cm³/mol. The number of halogens is 1. The van der Waals surface area contributed by atoms with Gasteiger partial charge in [0.25, 0.3) is 11.8 Å². The van der Waals surface area contributed by atoms with Crippen LogP contribution < -0.4 is 4.90 Å². The highest BCUT2D eigenvalue weighted by molar-refractivity contribution is 6.32. The van der Waals surface area contributed by atoms with E-state index in [1.54, 1.807) is 35.2 Å². The SMILES string of the molecule is Cc1ccc(N2C(=O)C[C@H](N3CCN(C(=O)c4ccco4)CC3)C2=O)cc1Cl. The van der Waals surface area contributed by atoms with Crippen molar-refractivity contribution in [2.24, 2.45) is 0 Å². The van der Waals surface area contributed by atoms with Crippen molar-refractivity contribution in [3.63, 3.8) is 0 Å². The fourth-order valence-electron chi connectivity index (χ4n) is 3.69. The molecule has 0 radical (unpaired) electrons. The lowest BCUT2D eigenvalue weighted by Crippen LogP contribution is -2.53. The van der Waals surface area contributed by atoms with Gasteiger partial charge in [0, 0.05) is 31.2 Å². The Morgan fingerprint density at radius 1 is 1.14 bits per heavy atom. The second kappa shape index (κ2) is 7.41. The summed E-state index contributed by atoms with van der Waals surface area (Å²) in [5, 5.41) is 0.520. The number of carbonyl (C=O) groups is 3. The molecule has 0 aliphatic carbocycles. The zero-order valence-corrected chi connectivity index (χ0v) is 16.2. The Labute approximate surface area is 167 Å². The van der Waals surface area contributed by atoms with Gasteiger partial charge in [0.05, 0.1) is 24.4 Å². The molecule has 1 aromatic carbocycles. The number of imide groups is 1. The molecule has 3 heterocycles. The molecule has 2 aliphatic heterocycles. The topological polar surface area (TPSA) is 74.1 Å². The van der Waals surface area contributed by atoms with Gasteiger partial charge in [-0.15, -0.1) is 0 Å². The number of hydrogen-bond donors (Lipinski definition) is 0. The second-order valence-electron chi connectivity index (χ2n) is 7.03. The lowest BCUT2D eigenvalue weighted by molar-refractivity contribution is -0.123. The summed E-state index contributed by atoms with van der Waals surface area (Å²) in [5.41, 5.74) is 1.39. The minimum absolute atomic E-state index is 0.135. The summed E-state index contributed by atoms with van der Waals surface area (Å²) < 4.78 is 5.17. The number of rotatable bonds is 3. The maximum atomic E-state index is 12.9. The largest absolute Gasteiger partial charge is 0.459 e. The van der Waals surface area contributed by atoms with Crippen LogP contribution in [0.3, 0.4) is 0 Å². The standard InChI is InChI=1S/C20H20ClN3O4/c1-13-4-5-14(11-15(13)21)24-18(25)12-16(19(24)26)22-6-8-23(9-7-22)20(27)17-3-2-10-28-17/h2-5,10-11,16H,6-9,12H2,1H3/t16-/m0/s1. The summed E-state index contributed by atoms with van der Waals surface area (Å²) >= 11 is 6.16. The van der Waals surface area contributed by atoms with E-state index in [1.165, 1.54) is 11.2 Å². The number of nitrogens with zero attached hydrogens (tertiary/aromatic N) is 3. The third kappa shape index (κ3) is 3.31. The molecule has 28 heavy (non-hydrogen) atoms. The second-order valence-corrected chi connectivity index (χ2v) is 7.43. The van der Waals surface area contributed by atoms with Crippen LogP contribution in [0.15, 0.2) is 41.0 Å². The van der Waals surface area contributed by atoms with E-state index in [0.29, 0.717) is 42.6 Å². The first-order valence-electron chi connectivity index (χ1n) is 9.15. The summed E-state index contributed by atoms with van der Waals surface area (Å²) in [6.07, 6.45) is 1.61. The van der Waals surface area contributed by atoms with Crippen molar-refractivity contribution in [1.29, 1.82) is 0 Å². The van der Waals surface area contributed by atoms with Gasteiger partial charge in [0.15, 0.2) is 5.76 Å². The van der Waals surface area contributed by atoms with Crippen LogP contribution in [0.4, 0.5) is 5.69 Å². The molecule has 0 spiro atoms. The minimum Gasteiger partial charge on any atom is -0.459 e. The van der Waals surface area contributed by atoms with Crippen LogP contribution in [0.1, 0.15) is 22.5 Å². The maximum Gasteiger partial charge on any atom is 0.289 e. The van der Waals surface area contributed by atoms with Gasteiger partial charge < -0.3 is 9.32 Å². The van der Waals surface area contributed by atoms with Crippen molar-refractivity contribution in [2.45, 2.75) is 19.4 Å². The smallest absolute Gasteiger partial charge is 0.289 e. The van der Waals surface area contributed by atoms with Crippen LogP contribution in [0.25, 0.3) is 0 Å². The first-order valence-corrected chi connectivity index (χ1v) is 9.53. The lowest BCUT2D eigenvalue weighted by atomic mass is 10.1. The fraction of sp³-hybridized carbons (Fsp3) is 0.350. The first-order chi connectivity index (χ1) is 13.5. The van der Waals surface area contributed by atoms with Crippen LogP contribution >= 0.6 is 11.6 Å². The number of hydrogen-bond acceptors (Lipinski definition) is 5. The number of anilines is 1. The Morgan fingerprint density at radius 3 is 2.54 bits per heavy atom. The van der Waals surface area contributed by atoms with Crippen molar-refractivity contribution < 1.29 is 18.8 Å². The number of furan rings is 1. The van der Waals surface area contributed by atoms with E-state index in [1.807, 2.05) is 11.8 Å². The van der Waals surface area contributed by atoms with Crippen LogP contribution in [0, 0.1) is 6.92 Å². The predicted octanol–water partition coefficient (Wildman–Crippen LogP) is 2.33. The van der Waals surface area contributed by atoms with Gasteiger partial charge in [-0.3, -0.25) is 19.3 Å². The van der Waals surface area contributed by atoms with Crippen molar-refractivity contribution in [3.05, 3.63) is 52.9 Å². The number of aryl methyl sites for hydroxylation is 1. The summed E-state index contributed by atoms with van der Waals surface area (Å²) in [4.78, 5) is 42.7. The Hall–Kier alpha value is -2.64. The molecule has 0 saturated carbocycles. The van der Waals surface area contributed by atoms with Crippen LogP contribution in [0.2, 0.25) is 5.02 Å². The molecule has 3 amide bonds. The number of carbonyl (C=O) groups excluding carboxylic acids is 3. The number of benzene rings is 1. The highest BCUT2D eigenvalue weighted by Gasteiger charge is 2.43. The van der Waals surface area contributed by atoms with E-state index in [9.17, 15) is 14.4 Å². The highest BCUT2D eigenvalue weighted by atomic mass is 35.5. The zero-order chi connectivity index (χ0) is 19.8. The molecule has 4 rings (SSSR count). The maximum absolute atomic E-state index is 12.9. The van der Waals surface area contributed by atoms with Gasteiger partial charge in [-0.1, -0.05) is 17.7 Å². The number of amides is 3. The average Bonchev–Trinajstić information content (AvgIpc) is 3.32. The zero-order valence-electron chi connectivity index (χ0n) is 15.4. The molecule has 1 atom stereocenters. The molecule has 0 N–H and O–H groups in total. The van der Waals surface area contributed by atoms with Crippen molar-refractivity contribution >= 4 is 35.0 Å². The van der Waals surface area contributed by atoms with Gasteiger partial charge >= 0.3 is 0 Å². The van der Waals surface area contributed by atoms with E-state index in [0.717, 1.165) is 5.56 Å². The monoisotopic (exact) mass is 401 g/mol. The summed E-state index contributed by atoms with van der Waals surface area (Å²) in [6.45, 7) is 3.88. The van der Waals surface area contributed by atoms with Crippen molar-refractivity contribution in [1.82, 2.24) is 9.80 Å². The molecule has 2 aliphatic rings. The van der Waals surface area contributed by atoms with Crippen LogP contribution in [0.5, 0.6) is 0 Å². The van der Waals surface area contributed by atoms with Gasteiger partial charge in [-0.05, 0) is 36.8 Å². The fourth-order valence-corrected chi connectivity index (χ4v) is 3.86. The summed E-state index contributed by atoms with van der Waals surface area (Å²) in [5.74, 6) is -0.322. The van der Waals surface area contributed by atoms with E-state index in [4.69, 9.17) is 16.0 Å². The quantitative estimate of drug-likeness (QED) is 0.738. The van der Waals surface area contributed by atoms with E-state index in [2.05, 4.69) is 0 Å². The van der Waals surface area contributed by atoms with E-state index < -0.39 is 6.04 Å². The number of piperazine rings is 1. The molecular formula is C20H20ClN3O4. The molecule has 2 aromatic rings. The first kappa shape index (κ1) is 18.7. The van der Waals surface area contributed by atoms with Crippen molar-refractivity contribution in [2.75, 3.05) is 31.1 Å². The minimum atomic E-state index is -0.506. The molecule has 7 nitrogen and oxygen atoms in total. The Morgan fingerprint density at radius 2 is 1.89 bits per heavy atom. The Kier molecular flexibility index (Phi) is 4.95. The third-order valence-corrected chi connectivity index (χ3v) is 5.72. The highest BCUT2D eigenvalue weighted by Crippen LogP contribution is 2.29. The molecule has 146 valence electrons. The van der Waals surface area contributed by atoms with Crippen molar-refractivity contribution in [3.8, 4) is 0 Å². The molecule has 1 aromatic heterocycles. The Bertz CT molecular complexity index is 920. The van der Waals surface area contributed by atoms with Gasteiger partial charge in [-0.25, -0.2) is 4.90 Å². The normalized spacial score (nSPS) is 20.9. The Balaban J connectivity index is 1.43. The van der Waals surface area contributed by atoms with Crippen LogP contribution in [-0.4, -0.2) is 59.7 Å². The summed E-state index contributed by atoms with van der Waals surface area (Å²) in [6, 6.07) is 7.99. The van der Waals surface area contributed by atoms with Crippen LogP contribution in [-0.2, 0) is 9.59 Å². The van der Waals surface area contributed by atoms with E-state index >= 15 is 0 Å². The molecule has 0 bridgehead atoms. The van der Waals surface area contributed by atoms with Gasteiger partial charge in [0.2, 0.25) is 5.91 Å². The lowest BCUT2D eigenvalue weighted by Gasteiger charge is -2.36. The molecule has 2 fully saturated rings. The average molecular weight is 402 g/mol. The molecular weight excluding hydrogens is 382 g/mol. The van der Waals surface area contributed by atoms with E-state index in [-0.39, 0.29) is 24.1 Å². The van der Waals surface area contributed by atoms with Gasteiger partial charge in [0.1, 0.15) is 0 Å². The molecule has 0 unspecified atom stereocenters. The molecule has 8 heteroatoms.